The number of aromatic nitrogens is 1. The van der Waals surface area contributed by atoms with Crippen molar-refractivity contribution in [3.8, 4) is 5.75 Å². The van der Waals surface area contributed by atoms with Crippen LogP contribution in [0, 0.1) is 12.8 Å². The van der Waals surface area contributed by atoms with Crippen molar-refractivity contribution in [3.63, 3.8) is 0 Å². The van der Waals surface area contributed by atoms with Crippen LogP contribution < -0.4 is 32.2 Å². The van der Waals surface area contributed by atoms with Gasteiger partial charge in [-0.15, -0.1) is 0 Å². The Labute approximate surface area is 451 Å². The number of aromatic amines is 1. The van der Waals surface area contributed by atoms with Crippen LogP contribution in [0.3, 0.4) is 0 Å². The highest BCUT2D eigenvalue weighted by Gasteiger charge is 2.40. The smallest absolute Gasteiger partial charge is 0.303 e. The van der Waals surface area contributed by atoms with Crippen molar-refractivity contribution < 1.29 is 43.4 Å². The van der Waals surface area contributed by atoms with Crippen molar-refractivity contribution in [1.29, 1.82) is 0 Å². The molecule has 0 bridgehead atoms. The van der Waals surface area contributed by atoms with Crippen molar-refractivity contribution >= 4 is 52.1 Å². The molecular weight excluding hydrogens is 975 g/mol. The van der Waals surface area contributed by atoms with Crippen molar-refractivity contribution in [2.45, 2.75) is 109 Å². The molecule has 9 N–H and O–H groups in total. The van der Waals surface area contributed by atoms with Crippen molar-refractivity contribution in [2.24, 2.45) is 17.4 Å². The number of carbonyl (C=O) groups excluding carboxylic acids is 6. The van der Waals surface area contributed by atoms with E-state index in [4.69, 9.17) is 21.3 Å². The number of fused-ring (bicyclic) bond motifs is 2. The number of hydrogen-bond donors (Lipinski definition) is 7. The summed E-state index contributed by atoms with van der Waals surface area (Å²) in [5.74, 6) is -3.64. The number of aliphatic carboxylic acids is 1. The second-order valence-electron chi connectivity index (χ2n) is 19.0. The zero-order valence-electron chi connectivity index (χ0n) is 44.3. The summed E-state index contributed by atoms with van der Waals surface area (Å²) in [5, 5.41) is 17.7. The van der Waals surface area contributed by atoms with E-state index in [1.54, 1.807) is 30.3 Å². The Morgan fingerprint density at radius 1 is 0.714 bits per heavy atom. The van der Waals surface area contributed by atoms with Gasteiger partial charge in [-0.25, -0.2) is 0 Å². The first-order chi connectivity index (χ1) is 37.3. The number of para-hydroxylation sites is 1. The Kier molecular flexibility index (Phi) is 25.3. The van der Waals surface area contributed by atoms with E-state index < -0.39 is 53.6 Å². The SMILES string of the molecule is CCCCN.Cc1c[nH]c2ccccc12.NCCCC(=O)O.O=C1CNC(=O)CCC(=O)[C@H](c2ccccc2)NC(=O)[C@@H]2CCCN2C(=O)[C@H](Cc2ccccc2)NC(=O)C(Cc2ccc(OCc3ccccc3)cc2)C1. The first-order valence-electron chi connectivity index (χ1n) is 26.5. The summed E-state index contributed by atoms with van der Waals surface area (Å²) in [5.41, 5.74) is 15.8. The number of ether oxygens (including phenoxy) is 1. The van der Waals surface area contributed by atoms with Crippen LogP contribution in [0.25, 0.3) is 10.9 Å². The maximum atomic E-state index is 14.4. The van der Waals surface area contributed by atoms with Gasteiger partial charge in [-0.2, -0.15) is 0 Å². The van der Waals surface area contributed by atoms with Gasteiger partial charge in [0.25, 0.3) is 0 Å². The van der Waals surface area contributed by atoms with E-state index in [9.17, 15) is 33.6 Å². The molecule has 8 rings (SSSR count). The lowest BCUT2D eigenvalue weighted by molar-refractivity contribution is -0.142. The lowest BCUT2D eigenvalue weighted by Gasteiger charge is -2.31. The molecule has 1 unspecified atom stereocenters. The molecule has 16 heteroatoms. The van der Waals surface area contributed by atoms with Gasteiger partial charge in [-0.3, -0.25) is 33.6 Å². The molecule has 4 amide bonds. The van der Waals surface area contributed by atoms with Gasteiger partial charge in [0.05, 0.1) is 6.54 Å². The third-order valence-electron chi connectivity index (χ3n) is 13.0. The van der Waals surface area contributed by atoms with Gasteiger partial charge in [0, 0.05) is 61.7 Å². The number of nitrogens with one attached hydrogen (secondary N) is 4. The molecule has 2 fully saturated rings. The molecule has 2 aliphatic rings. The van der Waals surface area contributed by atoms with Gasteiger partial charge >= 0.3 is 5.97 Å². The largest absolute Gasteiger partial charge is 0.489 e. The fraction of sp³-hybridized carbons (Fsp3) is 0.361. The summed E-state index contributed by atoms with van der Waals surface area (Å²) in [6.07, 6.45) is 5.89. The highest BCUT2D eigenvalue weighted by Crippen LogP contribution is 2.25. The first kappa shape index (κ1) is 59.9. The van der Waals surface area contributed by atoms with E-state index in [0.717, 1.165) is 23.2 Å². The Bertz CT molecular complexity index is 2790. The number of unbranched alkanes of at least 4 members (excludes halogenated alkanes) is 1. The topological polar surface area (TPSA) is 256 Å². The molecule has 3 heterocycles. The van der Waals surface area contributed by atoms with Gasteiger partial charge in [0.15, 0.2) is 11.6 Å². The molecular formula is C61H75N7O9. The van der Waals surface area contributed by atoms with E-state index in [1.807, 2.05) is 97.2 Å². The molecule has 6 aromatic rings. The van der Waals surface area contributed by atoms with Gasteiger partial charge in [0.1, 0.15) is 30.5 Å². The minimum Gasteiger partial charge on any atom is -0.489 e. The molecule has 16 nitrogen and oxygen atoms in total. The van der Waals surface area contributed by atoms with Crippen molar-refractivity contribution in [3.05, 3.63) is 174 Å². The molecule has 77 heavy (non-hydrogen) atoms. The number of carboxylic acid groups (broad SMARTS) is 1. The predicted octanol–water partition coefficient (Wildman–Crippen LogP) is 7.47. The van der Waals surface area contributed by atoms with Crippen LogP contribution in [-0.4, -0.2) is 94.4 Å². The minimum atomic E-state index is -1.04. The summed E-state index contributed by atoms with van der Waals surface area (Å²) in [7, 11) is 0. The van der Waals surface area contributed by atoms with Crippen molar-refractivity contribution in [1.82, 2.24) is 25.8 Å². The number of carbonyl (C=O) groups is 7. The number of nitrogens with two attached hydrogens (primary N) is 2. The number of rotatable bonds is 13. The van der Waals surface area contributed by atoms with Gasteiger partial charge in [0.2, 0.25) is 23.6 Å². The average molecular weight is 1050 g/mol. The van der Waals surface area contributed by atoms with Crippen LogP contribution in [0.2, 0.25) is 0 Å². The van der Waals surface area contributed by atoms with Crippen LogP contribution >= 0.6 is 0 Å². The second kappa shape index (κ2) is 32.5. The van der Waals surface area contributed by atoms with E-state index in [0.29, 0.717) is 50.3 Å². The van der Waals surface area contributed by atoms with E-state index in [-0.39, 0.29) is 56.6 Å². The summed E-state index contributed by atoms with van der Waals surface area (Å²) < 4.78 is 5.93. The van der Waals surface area contributed by atoms with Crippen LogP contribution in [0.4, 0.5) is 0 Å². The van der Waals surface area contributed by atoms with Gasteiger partial charge in [-0.05, 0) is 98.1 Å². The third kappa shape index (κ3) is 20.3. The quantitative estimate of drug-likeness (QED) is 0.0597. The lowest BCUT2D eigenvalue weighted by atomic mass is 9.92. The summed E-state index contributed by atoms with van der Waals surface area (Å²) >= 11 is 0. The van der Waals surface area contributed by atoms with Crippen LogP contribution in [-0.2, 0) is 53.0 Å². The van der Waals surface area contributed by atoms with E-state index in [1.165, 1.54) is 34.2 Å². The molecule has 408 valence electrons. The number of nitrogens with zero attached hydrogens (tertiary/aromatic N) is 1. The van der Waals surface area contributed by atoms with Crippen LogP contribution in [0.1, 0.15) is 98.6 Å². The summed E-state index contributed by atoms with van der Waals surface area (Å²) in [6, 6.07) is 40.4. The highest BCUT2D eigenvalue weighted by atomic mass is 16.5. The monoisotopic (exact) mass is 1050 g/mol. The van der Waals surface area contributed by atoms with E-state index in [2.05, 4.69) is 53.0 Å². The zero-order chi connectivity index (χ0) is 55.4. The molecule has 2 saturated heterocycles. The molecule has 0 aliphatic carbocycles. The molecule has 4 atom stereocenters. The Balaban J connectivity index is 0.000000409. The molecule has 0 radical (unpaired) electrons. The standard InChI is InChI=1S/C44H46N4O7.C9H9N.C4H9NO2.C4H11N/c49-35-27-34(25-31-18-20-36(21-19-31)55-29-32-13-6-2-7-14-32)42(52)46-37(26-30-11-4-1-5-12-30)44(54)48-24-10-17-38(48)43(53)47-41(33-15-8-3-9-16-33)39(50)22-23-40(51)45-28-35;1-7-6-10-9-5-3-2-4-8(7)9;5-3-1-2-4(6)7;1-2-3-4-5/h1-9,11-16,18-21,34,37-38,41H,10,17,22-29H2,(H,45,51)(H,46,52)(H,47,53);2-6,10H,1H3;1-3,5H2,(H,6,7);2-5H2,1H3/t34?,37-,38-,41-;;;/m0.../s1. The lowest BCUT2D eigenvalue weighted by Crippen LogP contribution is -2.55. The second-order valence-corrected chi connectivity index (χ2v) is 19.0. The number of aryl methyl sites for hydroxylation is 1. The number of Topliss-reactive ketones (excluding diaryl/α,β-unsaturated/α-hetero) is 2. The fourth-order valence-electron chi connectivity index (χ4n) is 8.77. The number of hydrogen-bond acceptors (Lipinski definition) is 10. The number of benzene rings is 5. The van der Waals surface area contributed by atoms with Crippen LogP contribution in [0.5, 0.6) is 5.75 Å². The number of H-pyrrole nitrogens is 1. The van der Waals surface area contributed by atoms with Gasteiger partial charge in [-0.1, -0.05) is 135 Å². The number of amides is 4. The Morgan fingerprint density at radius 3 is 1.95 bits per heavy atom. The third-order valence-corrected chi connectivity index (χ3v) is 13.0. The van der Waals surface area contributed by atoms with Crippen LogP contribution in [0.15, 0.2) is 146 Å². The first-order valence-corrected chi connectivity index (χ1v) is 26.5. The Hall–Kier alpha value is -7.95. The molecule has 0 saturated carbocycles. The molecule has 1 aromatic heterocycles. The summed E-state index contributed by atoms with van der Waals surface area (Å²) in [4.78, 5) is 96.7. The molecule has 2 aliphatic heterocycles. The minimum absolute atomic E-state index is 0.158. The number of ketones is 2. The summed E-state index contributed by atoms with van der Waals surface area (Å²) in [6.45, 7) is 5.91. The average Bonchev–Trinajstić information content (AvgIpc) is 4.11. The van der Waals surface area contributed by atoms with Crippen molar-refractivity contribution in [2.75, 3.05) is 26.2 Å². The van der Waals surface area contributed by atoms with E-state index >= 15 is 0 Å². The normalized spacial score (nSPS) is 18.3. The zero-order valence-corrected chi connectivity index (χ0v) is 44.3. The predicted molar refractivity (Wildman–Crippen MR) is 298 cm³/mol. The molecule has 5 aromatic carbocycles. The maximum Gasteiger partial charge on any atom is 0.303 e. The maximum absolute atomic E-state index is 14.4. The highest BCUT2D eigenvalue weighted by molar-refractivity contribution is 5.98. The Morgan fingerprint density at radius 2 is 1.34 bits per heavy atom. The fourth-order valence-corrected chi connectivity index (χ4v) is 8.77. The molecule has 0 spiro atoms. The van der Waals surface area contributed by atoms with Gasteiger partial charge < -0.3 is 47.1 Å². The number of carboxylic acids is 1.